The first-order valence-electron chi connectivity index (χ1n) is 10.8. The minimum absolute atomic E-state index is 0.00847. The van der Waals surface area contributed by atoms with E-state index in [1.54, 1.807) is 38.1 Å². The number of ether oxygens (including phenoxy) is 1. The number of pyridine rings is 1. The lowest BCUT2D eigenvalue weighted by molar-refractivity contribution is 0.102. The van der Waals surface area contributed by atoms with E-state index in [1.807, 2.05) is 0 Å². The number of nitrogens with zero attached hydrogens (tertiary/aromatic N) is 2. The summed E-state index contributed by atoms with van der Waals surface area (Å²) in [6, 6.07) is 12.1. The van der Waals surface area contributed by atoms with E-state index >= 15 is 0 Å². The number of cyclic esters (lactones) is 1. The van der Waals surface area contributed by atoms with Crippen molar-refractivity contribution in [3.8, 4) is 0 Å². The van der Waals surface area contributed by atoms with Gasteiger partial charge in [-0.1, -0.05) is 26.0 Å². The lowest BCUT2D eigenvalue weighted by Gasteiger charge is -2.19. The van der Waals surface area contributed by atoms with Gasteiger partial charge in [-0.25, -0.2) is 13.2 Å². The molecule has 2 N–H and O–H groups in total. The van der Waals surface area contributed by atoms with Gasteiger partial charge in [-0.05, 0) is 30.3 Å². The van der Waals surface area contributed by atoms with Crippen LogP contribution in [0.15, 0.2) is 58.2 Å². The Kier molecular flexibility index (Phi) is 6.40. The molecule has 0 aliphatic carbocycles. The van der Waals surface area contributed by atoms with Gasteiger partial charge >= 0.3 is 6.09 Å². The Balaban J connectivity index is 1.77. The van der Waals surface area contributed by atoms with Crippen LogP contribution in [0.1, 0.15) is 24.2 Å². The van der Waals surface area contributed by atoms with Crippen LogP contribution in [0.4, 0.5) is 16.2 Å². The quantitative estimate of drug-likeness (QED) is 0.531. The maximum absolute atomic E-state index is 13.3. The van der Waals surface area contributed by atoms with Gasteiger partial charge in [0, 0.05) is 30.1 Å². The number of H-pyrrole nitrogens is 1. The highest BCUT2D eigenvalue weighted by Crippen LogP contribution is 2.29. The highest BCUT2D eigenvalue weighted by molar-refractivity contribution is 7.89. The number of benzene rings is 2. The van der Waals surface area contributed by atoms with E-state index in [4.69, 9.17) is 4.74 Å². The van der Waals surface area contributed by atoms with Crippen LogP contribution in [0, 0.1) is 0 Å². The SMILES string of the molecule is CCN(CC)S(=O)(=O)c1ccc2[nH]c(=O)cc(C(=O)Nc3ccccc3N3CCOC3=O)c2c1. The van der Waals surface area contributed by atoms with Gasteiger partial charge in [-0.2, -0.15) is 4.31 Å². The molecular formula is C23H24N4O6S. The van der Waals surface area contributed by atoms with E-state index in [0.29, 0.717) is 36.5 Å². The van der Waals surface area contributed by atoms with Crippen molar-refractivity contribution in [2.45, 2.75) is 18.7 Å². The van der Waals surface area contributed by atoms with Crippen molar-refractivity contribution in [1.29, 1.82) is 0 Å². The molecule has 2 amide bonds. The molecule has 0 atom stereocenters. The van der Waals surface area contributed by atoms with Gasteiger partial charge in [0.2, 0.25) is 15.6 Å². The molecule has 2 heterocycles. The monoisotopic (exact) mass is 484 g/mol. The normalized spacial score (nSPS) is 14.0. The minimum Gasteiger partial charge on any atom is -0.447 e. The highest BCUT2D eigenvalue weighted by Gasteiger charge is 2.27. The Hall–Kier alpha value is -3.70. The number of hydrogen-bond acceptors (Lipinski definition) is 6. The molecule has 10 nitrogen and oxygen atoms in total. The summed E-state index contributed by atoms with van der Waals surface area (Å²) in [5, 5.41) is 3.03. The molecule has 4 rings (SSSR count). The van der Waals surface area contributed by atoms with E-state index in [9.17, 15) is 22.8 Å². The molecule has 1 aliphatic heterocycles. The van der Waals surface area contributed by atoms with Crippen LogP contribution in [-0.4, -0.2) is 55.9 Å². The summed E-state index contributed by atoms with van der Waals surface area (Å²) in [5.41, 5.74) is 0.638. The summed E-state index contributed by atoms with van der Waals surface area (Å²) >= 11 is 0. The molecule has 1 saturated heterocycles. The van der Waals surface area contributed by atoms with Gasteiger partial charge in [0.1, 0.15) is 6.61 Å². The summed E-state index contributed by atoms with van der Waals surface area (Å²) in [4.78, 5) is 41.6. The smallest absolute Gasteiger partial charge is 0.414 e. The molecule has 3 aromatic rings. The number of hydrogen-bond donors (Lipinski definition) is 2. The zero-order valence-corrected chi connectivity index (χ0v) is 19.5. The molecular weight excluding hydrogens is 460 g/mol. The Morgan fingerprint density at radius 1 is 1.12 bits per heavy atom. The van der Waals surface area contributed by atoms with Crippen molar-refractivity contribution in [3.63, 3.8) is 0 Å². The lowest BCUT2D eigenvalue weighted by atomic mass is 10.1. The van der Waals surface area contributed by atoms with Crippen molar-refractivity contribution in [2.24, 2.45) is 0 Å². The van der Waals surface area contributed by atoms with Crippen LogP contribution in [-0.2, 0) is 14.8 Å². The number of fused-ring (bicyclic) bond motifs is 1. The Morgan fingerprint density at radius 3 is 2.53 bits per heavy atom. The molecule has 11 heteroatoms. The fourth-order valence-corrected chi connectivity index (χ4v) is 5.40. The number of para-hydroxylation sites is 2. The molecule has 0 bridgehead atoms. The van der Waals surface area contributed by atoms with Crippen LogP contribution < -0.4 is 15.8 Å². The number of carbonyl (C=O) groups is 2. The van der Waals surface area contributed by atoms with Crippen LogP contribution in [0.25, 0.3) is 10.9 Å². The molecule has 0 radical (unpaired) electrons. The Morgan fingerprint density at radius 2 is 1.85 bits per heavy atom. The van der Waals surface area contributed by atoms with Gasteiger partial charge in [-0.3, -0.25) is 14.5 Å². The Bertz CT molecular complexity index is 1430. The molecule has 1 fully saturated rings. The fraction of sp³-hybridized carbons (Fsp3) is 0.261. The predicted molar refractivity (Wildman–Crippen MR) is 128 cm³/mol. The number of amides is 2. The third-order valence-corrected chi connectivity index (χ3v) is 7.65. The predicted octanol–water partition coefficient (Wildman–Crippen LogP) is 2.77. The molecule has 0 unspecified atom stereocenters. The number of anilines is 2. The third kappa shape index (κ3) is 4.27. The van der Waals surface area contributed by atoms with Crippen LogP contribution in [0.3, 0.4) is 0 Å². The van der Waals surface area contributed by atoms with Crippen molar-refractivity contribution < 1.29 is 22.7 Å². The molecule has 1 aromatic heterocycles. The Labute approximate surface area is 196 Å². The van der Waals surface area contributed by atoms with Gasteiger partial charge < -0.3 is 15.0 Å². The maximum Gasteiger partial charge on any atom is 0.414 e. The molecule has 178 valence electrons. The van der Waals surface area contributed by atoms with Crippen molar-refractivity contribution in [2.75, 3.05) is 36.5 Å². The van der Waals surface area contributed by atoms with Crippen molar-refractivity contribution in [3.05, 3.63) is 64.4 Å². The molecule has 1 aliphatic rings. The van der Waals surface area contributed by atoms with Crippen LogP contribution in [0.2, 0.25) is 0 Å². The second-order valence-electron chi connectivity index (χ2n) is 7.58. The maximum atomic E-state index is 13.3. The van der Waals surface area contributed by atoms with Crippen LogP contribution in [0.5, 0.6) is 0 Å². The minimum atomic E-state index is -3.78. The lowest BCUT2D eigenvalue weighted by Crippen LogP contribution is -2.30. The first-order chi connectivity index (χ1) is 16.3. The summed E-state index contributed by atoms with van der Waals surface area (Å²) in [6.45, 7) is 4.66. The van der Waals surface area contributed by atoms with Gasteiger partial charge in [-0.15, -0.1) is 0 Å². The van der Waals surface area contributed by atoms with Crippen molar-refractivity contribution in [1.82, 2.24) is 9.29 Å². The second-order valence-corrected chi connectivity index (χ2v) is 9.52. The average Bonchev–Trinajstić information content (AvgIpc) is 3.24. The summed E-state index contributed by atoms with van der Waals surface area (Å²) in [6.07, 6.45) is -0.519. The zero-order valence-electron chi connectivity index (χ0n) is 18.7. The molecule has 2 aromatic carbocycles. The van der Waals surface area contributed by atoms with Crippen LogP contribution >= 0.6 is 0 Å². The van der Waals surface area contributed by atoms with E-state index in [0.717, 1.165) is 6.07 Å². The van der Waals surface area contributed by atoms with E-state index in [1.165, 1.54) is 27.4 Å². The van der Waals surface area contributed by atoms with E-state index in [2.05, 4.69) is 10.3 Å². The number of nitrogens with one attached hydrogen (secondary N) is 2. The van der Waals surface area contributed by atoms with E-state index < -0.39 is 27.6 Å². The number of rotatable bonds is 7. The topological polar surface area (TPSA) is 129 Å². The van der Waals surface area contributed by atoms with Gasteiger partial charge in [0.15, 0.2) is 0 Å². The van der Waals surface area contributed by atoms with Crippen molar-refractivity contribution >= 4 is 44.3 Å². The largest absolute Gasteiger partial charge is 0.447 e. The van der Waals surface area contributed by atoms with Gasteiger partial charge in [0.05, 0.1) is 28.4 Å². The number of aromatic amines is 1. The van der Waals surface area contributed by atoms with Gasteiger partial charge in [0.25, 0.3) is 5.91 Å². The fourth-order valence-electron chi connectivity index (χ4n) is 3.91. The standard InChI is InChI=1S/C23H24N4O6S/c1-3-26(4-2)34(31,32)15-9-10-18-16(13-15)17(14-21(28)24-18)22(29)25-19-7-5-6-8-20(19)27-11-12-33-23(27)30/h5-10,13-14H,3-4,11-12H2,1-2H3,(H,24,28)(H,25,29). The third-order valence-electron chi connectivity index (χ3n) is 5.61. The number of sulfonamides is 1. The first kappa shape index (κ1) is 23.5. The zero-order chi connectivity index (χ0) is 24.5. The highest BCUT2D eigenvalue weighted by atomic mass is 32.2. The average molecular weight is 485 g/mol. The number of carbonyl (C=O) groups excluding carboxylic acids is 2. The summed E-state index contributed by atoms with van der Waals surface area (Å²) < 4.78 is 32.3. The summed E-state index contributed by atoms with van der Waals surface area (Å²) in [7, 11) is -3.78. The first-order valence-corrected chi connectivity index (χ1v) is 12.2. The second kappa shape index (κ2) is 9.27. The number of aromatic nitrogens is 1. The molecule has 0 saturated carbocycles. The summed E-state index contributed by atoms with van der Waals surface area (Å²) in [5.74, 6) is -0.617. The molecule has 0 spiro atoms. The van der Waals surface area contributed by atoms with E-state index in [-0.39, 0.29) is 22.5 Å². The molecule has 34 heavy (non-hydrogen) atoms.